The zero-order chi connectivity index (χ0) is 24.1. The number of sulfonamides is 1. The Kier molecular flexibility index (Phi) is 6.74. The molecule has 0 bridgehead atoms. The minimum absolute atomic E-state index is 0.132. The van der Waals surface area contributed by atoms with Gasteiger partial charge >= 0.3 is 0 Å². The number of para-hydroxylation sites is 1. The Morgan fingerprint density at radius 2 is 1.76 bits per heavy atom. The van der Waals surface area contributed by atoms with Crippen molar-refractivity contribution in [3.05, 3.63) is 114 Å². The standard InChI is InChI=1S/C25H23FN4O3S/c1-18-10-11-21(34(32,33)29-24-9-5-4-8-23(24)26)14-22(18)25(31)28-15-19-6-2-3-7-20(19)16-30-13-12-27-17-30/h2-14,17,29H,15-16H2,1H3,(H,28,31). The summed E-state index contributed by atoms with van der Waals surface area (Å²) in [6.45, 7) is 2.61. The summed E-state index contributed by atoms with van der Waals surface area (Å²) >= 11 is 0. The second kappa shape index (κ2) is 9.88. The van der Waals surface area contributed by atoms with Gasteiger partial charge in [0.2, 0.25) is 0 Å². The van der Waals surface area contributed by atoms with Gasteiger partial charge in [0.05, 0.1) is 16.9 Å². The normalized spacial score (nSPS) is 11.2. The first kappa shape index (κ1) is 23.2. The third-order valence-electron chi connectivity index (χ3n) is 5.35. The molecule has 0 saturated heterocycles. The molecular formula is C25H23FN4O3S. The van der Waals surface area contributed by atoms with Crippen LogP contribution >= 0.6 is 0 Å². The van der Waals surface area contributed by atoms with E-state index in [1.165, 1.54) is 30.3 Å². The number of benzene rings is 3. The van der Waals surface area contributed by atoms with Crippen molar-refractivity contribution in [2.24, 2.45) is 0 Å². The number of aryl methyl sites for hydroxylation is 1. The van der Waals surface area contributed by atoms with Crippen molar-refractivity contribution in [1.82, 2.24) is 14.9 Å². The highest BCUT2D eigenvalue weighted by Gasteiger charge is 2.19. The van der Waals surface area contributed by atoms with Gasteiger partial charge in [-0.1, -0.05) is 42.5 Å². The molecule has 2 N–H and O–H groups in total. The number of rotatable bonds is 8. The first-order valence-electron chi connectivity index (χ1n) is 10.5. The van der Waals surface area contributed by atoms with E-state index in [2.05, 4.69) is 15.0 Å². The van der Waals surface area contributed by atoms with Crippen molar-refractivity contribution in [3.63, 3.8) is 0 Å². The van der Waals surface area contributed by atoms with Gasteiger partial charge in [0.25, 0.3) is 15.9 Å². The minimum atomic E-state index is -4.09. The smallest absolute Gasteiger partial charge is 0.262 e. The van der Waals surface area contributed by atoms with E-state index in [1.54, 1.807) is 25.5 Å². The Morgan fingerprint density at radius 3 is 2.50 bits per heavy atom. The maximum Gasteiger partial charge on any atom is 0.262 e. The van der Waals surface area contributed by atoms with Gasteiger partial charge in [-0.25, -0.2) is 17.8 Å². The summed E-state index contributed by atoms with van der Waals surface area (Å²) in [5.41, 5.74) is 2.65. The molecule has 34 heavy (non-hydrogen) atoms. The fourth-order valence-electron chi connectivity index (χ4n) is 3.49. The Morgan fingerprint density at radius 1 is 1.03 bits per heavy atom. The predicted molar refractivity (Wildman–Crippen MR) is 127 cm³/mol. The quantitative estimate of drug-likeness (QED) is 0.399. The lowest BCUT2D eigenvalue weighted by molar-refractivity contribution is 0.0950. The average molecular weight is 479 g/mol. The number of anilines is 1. The van der Waals surface area contributed by atoms with Gasteiger partial charge in [-0.3, -0.25) is 9.52 Å². The summed E-state index contributed by atoms with van der Waals surface area (Å²) in [4.78, 5) is 16.9. The fourth-order valence-corrected chi connectivity index (χ4v) is 4.59. The highest BCUT2D eigenvalue weighted by molar-refractivity contribution is 7.92. The number of halogens is 1. The van der Waals surface area contributed by atoms with Crippen LogP contribution in [0.2, 0.25) is 0 Å². The number of aromatic nitrogens is 2. The SMILES string of the molecule is Cc1ccc(S(=O)(=O)Nc2ccccc2F)cc1C(=O)NCc1ccccc1Cn1ccnc1. The van der Waals surface area contributed by atoms with Crippen LogP contribution in [0.25, 0.3) is 0 Å². The van der Waals surface area contributed by atoms with Gasteiger partial charge in [-0.05, 0) is 47.9 Å². The number of hydrogen-bond acceptors (Lipinski definition) is 4. The molecule has 1 amide bonds. The fraction of sp³-hybridized carbons (Fsp3) is 0.120. The van der Waals surface area contributed by atoms with E-state index in [0.717, 1.165) is 17.2 Å². The van der Waals surface area contributed by atoms with E-state index in [4.69, 9.17) is 0 Å². The monoisotopic (exact) mass is 478 g/mol. The molecule has 3 aromatic carbocycles. The number of nitrogens with zero attached hydrogens (tertiary/aromatic N) is 2. The molecule has 0 aliphatic carbocycles. The van der Waals surface area contributed by atoms with Gasteiger partial charge in [0.1, 0.15) is 5.82 Å². The molecule has 0 aliphatic rings. The number of hydrogen-bond donors (Lipinski definition) is 2. The molecule has 174 valence electrons. The molecule has 4 rings (SSSR count). The first-order chi connectivity index (χ1) is 16.3. The first-order valence-corrected chi connectivity index (χ1v) is 12.0. The molecule has 0 saturated carbocycles. The van der Waals surface area contributed by atoms with Crippen LogP contribution in [0, 0.1) is 12.7 Å². The lowest BCUT2D eigenvalue weighted by atomic mass is 10.1. The largest absolute Gasteiger partial charge is 0.348 e. The number of carbonyl (C=O) groups is 1. The Balaban J connectivity index is 1.51. The summed E-state index contributed by atoms with van der Waals surface area (Å²) in [6.07, 6.45) is 5.29. The van der Waals surface area contributed by atoms with Crippen molar-refractivity contribution < 1.29 is 17.6 Å². The van der Waals surface area contributed by atoms with Gasteiger partial charge in [-0.15, -0.1) is 0 Å². The van der Waals surface area contributed by atoms with Crippen molar-refractivity contribution in [1.29, 1.82) is 0 Å². The van der Waals surface area contributed by atoms with Crippen LogP contribution < -0.4 is 10.0 Å². The lowest BCUT2D eigenvalue weighted by Crippen LogP contribution is -2.25. The zero-order valence-electron chi connectivity index (χ0n) is 18.4. The summed E-state index contributed by atoms with van der Waals surface area (Å²) in [7, 11) is -4.09. The molecule has 1 heterocycles. The van der Waals surface area contributed by atoms with E-state index in [-0.39, 0.29) is 22.7 Å². The van der Waals surface area contributed by atoms with Crippen LogP contribution in [0.3, 0.4) is 0 Å². The van der Waals surface area contributed by atoms with E-state index in [0.29, 0.717) is 12.1 Å². The minimum Gasteiger partial charge on any atom is -0.348 e. The van der Waals surface area contributed by atoms with Crippen LogP contribution in [0.1, 0.15) is 27.0 Å². The van der Waals surface area contributed by atoms with Crippen molar-refractivity contribution in [2.75, 3.05) is 4.72 Å². The van der Waals surface area contributed by atoms with E-state index in [9.17, 15) is 17.6 Å². The molecule has 0 fully saturated rings. The lowest BCUT2D eigenvalue weighted by Gasteiger charge is -2.14. The van der Waals surface area contributed by atoms with Crippen molar-refractivity contribution in [2.45, 2.75) is 24.9 Å². The molecule has 0 radical (unpaired) electrons. The molecule has 4 aromatic rings. The number of imidazole rings is 1. The Bertz CT molecular complexity index is 1420. The Labute approximate surface area is 197 Å². The van der Waals surface area contributed by atoms with E-state index in [1.807, 2.05) is 35.0 Å². The van der Waals surface area contributed by atoms with Crippen LogP contribution in [0.4, 0.5) is 10.1 Å². The molecule has 7 nitrogen and oxygen atoms in total. The molecule has 1 aromatic heterocycles. The second-order valence-electron chi connectivity index (χ2n) is 7.75. The second-order valence-corrected chi connectivity index (χ2v) is 9.43. The molecule has 0 atom stereocenters. The zero-order valence-corrected chi connectivity index (χ0v) is 19.2. The molecule has 9 heteroatoms. The predicted octanol–water partition coefficient (Wildman–Crippen LogP) is 4.11. The number of nitrogens with one attached hydrogen (secondary N) is 2. The third-order valence-corrected chi connectivity index (χ3v) is 6.72. The van der Waals surface area contributed by atoms with Gasteiger partial charge in [0.15, 0.2) is 0 Å². The average Bonchev–Trinajstić information content (AvgIpc) is 3.33. The van der Waals surface area contributed by atoms with E-state index >= 15 is 0 Å². The summed E-state index contributed by atoms with van der Waals surface area (Å²) in [5.74, 6) is -1.09. The molecule has 0 spiro atoms. The van der Waals surface area contributed by atoms with Crippen molar-refractivity contribution in [3.8, 4) is 0 Å². The van der Waals surface area contributed by atoms with Crippen LogP contribution in [0.15, 0.2) is 90.3 Å². The highest BCUT2D eigenvalue weighted by atomic mass is 32.2. The summed E-state index contributed by atoms with van der Waals surface area (Å²) in [5, 5.41) is 2.87. The summed E-state index contributed by atoms with van der Waals surface area (Å²) < 4.78 is 43.7. The molecule has 0 unspecified atom stereocenters. The van der Waals surface area contributed by atoms with Crippen molar-refractivity contribution >= 4 is 21.6 Å². The topological polar surface area (TPSA) is 93.1 Å². The molecular weight excluding hydrogens is 455 g/mol. The Hall–Kier alpha value is -3.98. The van der Waals surface area contributed by atoms with Gasteiger partial charge in [-0.2, -0.15) is 0 Å². The maximum absolute atomic E-state index is 13.9. The van der Waals surface area contributed by atoms with E-state index < -0.39 is 21.7 Å². The van der Waals surface area contributed by atoms with Crippen LogP contribution in [-0.2, 0) is 23.1 Å². The van der Waals surface area contributed by atoms with Gasteiger partial charge in [0, 0.05) is 31.0 Å². The third kappa shape index (κ3) is 5.32. The maximum atomic E-state index is 13.9. The van der Waals surface area contributed by atoms with Crippen LogP contribution in [0.5, 0.6) is 0 Å². The molecule has 0 aliphatic heterocycles. The van der Waals surface area contributed by atoms with Crippen LogP contribution in [-0.4, -0.2) is 23.9 Å². The van der Waals surface area contributed by atoms with Gasteiger partial charge < -0.3 is 9.88 Å². The number of amides is 1. The highest BCUT2D eigenvalue weighted by Crippen LogP contribution is 2.21. The number of carbonyl (C=O) groups excluding carboxylic acids is 1. The summed E-state index contributed by atoms with van der Waals surface area (Å²) in [6, 6.07) is 17.5.